The van der Waals surface area contributed by atoms with Gasteiger partial charge in [-0.2, -0.15) is 5.10 Å². The van der Waals surface area contributed by atoms with Crippen LogP contribution in [0.2, 0.25) is 0 Å². The molecule has 0 spiro atoms. The molecule has 0 radical (unpaired) electrons. The largest absolute Gasteiger partial charge is 0.484 e. The number of ether oxygens (including phenoxy) is 1. The standard InChI is InChI=1S/C11H15N3OS/c1-3-11-13-9(8-16-11)7-15-10-5-12-14(4-2)6-10/h5-6,8H,3-4,7H2,1-2H3. The van der Waals surface area contributed by atoms with Crippen LogP contribution >= 0.6 is 11.3 Å². The maximum absolute atomic E-state index is 5.59. The molecule has 16 heavy (non-hydrogen) atoms. The summed E-state index contributed by atoms with van der Waals surface area (Å²) in [5.41, 5.74) is 0.992. The second-order valence-corrected chi connectivity index (χ2v) is 4.35. The molecule has 0 amide bonds. The first kappa shape index (κ1) is 11.1. The third kappa shape index (κ3) is 2.61. The summed E-state index contributed by atoms with van der Waals surface area (Å²) < 4.78 is 7.43. The fourth-order valence-corrected chi connectivity index (χ4v) is 2.06. The molecule has 86 valence electrons. The maximum Gasteiger partial charge on any atom is 0.157 e. The van der Waals surface area contributed by atoms with E-state index in [1.165, 1.54) is 0 Å². The molecule has 2 aromatic heterocycles. The van der Waals surface area contributed by atoms with E-state index in [1.807, 2.05) is 23.2 Å². The molecule has 0 atom stereocenters. The highest BCUT2D eigenvalue weighted by atomic mass is 32.1. The Morgan fingerprint density at radius 1 is 1.44 bits per heavy atom. The first-order valence-corrected chi connectivity index (χ1v) is 6.28. The van der Waals surface area contributed by atoms with Crippen molar-refractivity contribution in [3.05, 3.63) is 28.5 Å². The molecule has 0 unspecified atom stereocenters. The maximum atomic E-state index is 5.59. The number of rotatable bonds is 5. The Labute approximate surface area is 98.9 Å². The summed E-state index contributed by atoms with van der Waals surface area (Å²) in [6.07, 6.45) is 4.61. The van der Waals surface area contributed by atoms with Gasteiger partial charge in [0.15, 0.2) is 5.75 Å². The van der Waals surface area contributed by atoms with E-state index in [2.05, 4.69) is 17.0 Å². The molecular formula is C11H15N3OS. The van der Waals surface area contributed by atoms with E-state index in [0.717, 1.165) is 29.4 Å². The van der Waals surface area contributed by atoms with Crippen LogP contribution in [0.3, 0.4) is 0 Å². The van der Waals surface area contributed by atoms with E-state index >= 15 is 0 Å². The van der Waals surface area contributed by atoms with Crippen LogP contribution in [-0.4, -0.2) is 14.8 Å². The van der Waals surface area contributed by atoms with E-state index in [-0.39, 0.29) is 0 Å². The Morgan fingerprint density at radius 2 is 2.31 bits per heavy atom. The van der Waals surface area contributed by atoms with E-state index in [9.17, 15) is 0 Å². The lowest BCUT2D eigenvalue weighted by molar-refractivity contribution is 0.301. The third-order valence-electron chi connectivity index (χ3n) is 2.22. The van der Waals surface area contributed by atoms with Gasteiger partial charge >= 0.3 is 0 Å². The lowest BCUT2D eigenvalue weighted by Crippen LogP contribution is -1.95. The fourth-order valence-electron chi connectivity index (χ4n) is 1.33. The van der Waals surface area contributed by atoms with Crippen LogP contribution in [0.5, 0.6) is 5.75 Å². The molecule has 0 aliphatic rings. The summed E-state index contributed by atoms with van der Waals surface area (Å²) in [6, 6.07) is 0. The van der Waals surface area contributed by atoms with Crippen LogP contribution < -0.4 is 4.74 Å². The minimum absolute atomic E-state index is 0.520. The van der Waals surface area contributed by atoms with Crippen LogP contribution in [0.15, 0.2) is 17.8 Å². The number of hydrogen-bond donors (Lipinski definition) is 0. The highest BCUT2D eigenvalue weighted by Gasteiger charge is 2.02. The monoisotopic (exact) mass is 237 g/mol. The fraction of sp³-hybridized carbons (Fsp3) is 0.455. The number of aromatic nitrogens is 3. The zero-order chi connectivity index (χ0) is 11.4. The molecule has 4 nitrogen and oxygen atoms in total. The van der Waals surface area contributed by atoms with Crippen LogP contribution in [0.25, 0.3) is 0 Å². The molecule has 2 heterocycles. The van der Waals surface area contributed by atoms with Gasteiger partial charge in [0.1, 0.15) is 6.61 Å². The van der Waals surface area contributed by atoms with Gasteiger partial charge in [-0.25, -0.2) is 4.98 Å². The van der Waals surface area contributed by atoms with Crippen molar-refractivity contribution in [3.63, 3.8) is 0 Å². The highest BCUT2D eigenvalue weighted by molar-refractivity contribution is 7.09. The predicted octanol–water partition coefficient (Wildman–Crippen LogP) is 2.50. The second-order valence-electron chi connectivity index (χ2n) is 3.41. The Morgan fingerprint density at radius 3 is 2.94 bits per heavy atom. The van der Waals surface area contributed by atoms with Crippen molar-refractivity contribution in [2.75, 3.05) is 0 Å². The normalized spacial score (nSPS) is 10.6. The van der Waals surface area contributed by atoms with Gasteiger partial charge in [-0.1, -0.05) is 6.92 Å². The van der Waals surface area contributed by atoms with Gasteiger partial charge in [-0.15, -0.1) is 11.3 Å². The summed E-state index contributed by atoms with van der Waals surface area (Å²) in [5, 5.41) is 7.34. The van der Waals surface area contributed by atoms with Gasteiger partial charge in [-0.3, -0.25) is 4.68 Å². The minimum atomic E-state index is 0.520. The lowest BCUT2D eigenvalue weighted by atomic mass is 10.5. The third-order valence-corrected chi connectivity index (χ3v) is 3.26. The number of thiazole rings is 1. The molecule has 2 rings (SSSR count). The molecule has 5 heteroatoms. The van der Waals surface area contributed by atoms with Crippen molar-refractivity contribution < 1.29 is 4.74 Å². The van der Waals surface area contributed by atoms with E-state index in [1.54, 1.807) is 17.5 Å². The minimum Gasteiger partial charge on any atom is -0.484 e. The SMILES string of the molecule is CCc1nc(COc2cnn(CC)c2)cs1. The molecule has 0 aliphatic heterocycles. The summed E-state index contributed by atoms with van der Waals surface area (Å²) >= 11 is 1.68. The predicted molar refractivity (Wildman–Crippen MR) is 63.7 cm³/mol. The van der Waals surface area contributed by atoms with Gasteiger partial charge in [0.25, 0.3) is 0 Å². The second kappa shape index (κ2) is 5.12. The van der Waals surface area contributed by atoms with E-state index in [4.69, 9.17) is 4.74 Å². The zero-order valence-electron chi connectivity index (χ0n) is 9.51. The molecule has 0 bridgehead atoms. The Hall–Kier alpha value is -1.36. The van der Waals surface area contributed by atoms with Crippen molar-refractivity contribution in [3.8, 4) is 5.75 Å². The van der Waals surface area contributed by atoms with Crippen molar-refractivity contribution in [1.29, 1.82) is 0 Å². The smallest absolute Gasteiger partial charge is 0.157 e. The number of aryl methyl sites for hydroxylation is 2. The molecule has 0 aromatic carbocycles. The molecule has 0 saturated carbocycles. The molecular weight excluding hydrogens is 222 g/mol. The van der Waals surface area contributed by atoms with Crippen LogP contribution in [0.4, 0.5) is 0 Å². The van der Waals surface area contributed by atoms with Crippen molar-refractivity contribution in [1.82, 2.24) is 14.8 Å². The molecule has 0 fully saturated rings. The summed E-state index contributed by atoms with van der Waals surface area (Å²) in [5.74, 6) is 0.799. The molecule has 0 saturated heterocycles. The molecule has 2 aromatic rings. The van der Waals surface area contributed by atoms with Gasteiger partial charge in [0.05, 0.1) is 23.1 Å². The Kier molecular flexibility index (Phi) is 3.56. The van der Waals surface area contributed by atoms with Gasteiger partial charge in [-0.05, 0) is 13.3 Å². The summed E-state index contributed by atoms with van der Waals surface area (Å²) in [7, 11) is 0. The zero-order valence-corrected chi connectivity index (χ0v) is 10.3. The Bertz CT molecular complexity index is 407. The van der Waals surface area contributed by atoms with Gasteiger partial charge in [0.2, 0.25) is 0 Å². The average Bonchev–Trinajstić information content (AvgIpc) is 2.95. The quantitative estimate of drug-likeness (QED) is 0.802. The van der Waals surface area contributed by atoms with Crippen LogP contribution in [0, 0.1) is 0 Å². The van der Waals surface area contributed by atoms with Gasteiger partial charge < -0.3 is 4.74 Å². The van der Waals surface area contributed by atoms with Crippen LogP contribution in [0.1, 0.15) is 24.5 Å². The van der Waals surface area contributed by atoms with Crippen LogP contribution in [-0.2, 0) is 19.6 Å². The lowest BCUT2D eigenvalue weighted by Gasteiger charge is -1.99. The first-order valence-electron chi connectivity index (χ1n) is 5.40. The average molecular weight is 237 g/mol. The topological polar surface area (TPSA) is 39.9 Å². The summed E-state index contributed by atoms with van der Waals surface area (Å²) in [6.45, 7) is 5.53. The summed E-state index contributed by atoms with van der Waals surface area (Å²) in [4.78, 5) is 4.44. The highest BCUT2D eigenvalue weighted by Crippen LogP contribution is 2.14. The molecule has 0 aliphatic carbocycles. The van der Waals surface area contributed by atoms with Crippen molar-refractivity contribution in [2.24, 2.45) is 0 Å². The number of nitrogens with zero attached hydrogens (tertiary/aromatic N) is 3. The van der Waals surface area contributed by atoms with Gasteiger partial charge in [0, 0.05) is 11.9 Å². The van der Waals surface area contributed by atoms with Crippen molar-refractivity contribution in [2.45, 2.75) is 33.4 Å². The first-order chi connectivity index (χ1) is 7.81. The van der Waals surface area contributed by atoms with Crippen molar-refractivity contribution >= 4 is 11.3 Å². The molecule has 0 N–H and O–H groups in total. The Balaban J connectivity index is 1.91. The van der Waals surface area contributed by atoms with E-state index < -0.39 is 0 Å². The number of hydrogen-bond acceptors (Lipinski definition) is 4. The van der Waals surface area contributed by atoms with E-state index in [0.29, 0.717) is 6.61 Å².